The molecule has 1 aliphatic rings. The van der Waals surface area contributed by atoms with Gasteiger partial charge in [0.25, 0.3) is 0 Å². The lowest BCUT2D eigenvalue weighted by molar-refractivity contribution is 0.270. The third-order valence-corrected chi connectivity index (χ3v) is 6.52. The maximum Gasteiger partial charge on any atom is 0.129 e. The summed E-state index contributed by atoms with van der Waals surface area (Å²) < 4.78 is 0. The highest BCUT2D eigenvalue weighted by atomic mass is 32.1. The highest BCUT2D eigenvalue weighted by Crippen LogP contribution is 2.25. The van der Waals surface area contributed by atoms with E-state index in [1.165, 1.54) is 47.2 Å². The number of rotatable bonds is 10. The third-order valence-electron chi connectivity index (χ3n) is 6.17. The summed E-state index contributed by atoms with van der Waals surface area (Å²) in [5.41, 5.74) is 3.72. The average molecular weight is 427 g/mol. The van der Waals surface area contributed by atoms with E-state index in [1.54, 1.807) is 0 Å². The molecule has 1 saturated heterocycles. The molecule has 0 spiro atoms. The minimum Gasteiger partial charge on any atom is -0.354 e. The van der Waals surface area contributed by atoms with Gasteiger partial charge in [-0.2, -0.15) is 0 Å². The first-order valence-corrected chi connectivity index (χ1v) is 11.9. The summed E-state index contributed by atoms with van der Waals surface area (Å²) in [6.07, 6.45) is 5.68. The molecule has 0 aliphatic carbocycles. The average Bonchev–Trinajstić information content (AvgIpc) is 2.73. The van der Waals surface area contributed by atoms with Gasteiger partial charge in [-0.05, 0) is 87.6 Å². The van der Waals surface area contributed by atoms with Gasteiger partial charge < -0.3 is 14.7 Å². The Kier molecular flexibility index (Phi) is 8.61. The van der Waals surface area contributed by atoms with Crippen LogP contribution < -0.4 is 4.90 Å². The van der Waals surface area contributed by atoms with Gasteiger partial charge in [-0.1, -0.05) is 31.6 Å². The fraction of sp³-hybridized carbons (Fsp3) is 0.600. The van der Waals surface area contributed by atoms with Crippen molar-refractivity contribution < 1.29 is 0 Å². The van der Waals surface area contributed by atoms with Crippen LogP contribution in [0.4, 0.5) is 5.82 Å². The molecule has 0 bridgehead atoms. The zero-order valence-electron chi connectivity index (χ0n) is 19.3. The number of unbranched alkanes of at least 4 members (excludes halogenated alkanes) is 2. The smallest absolute Gasteiger partial charge is 0.129 e. The van der Waals surface area contributed by atoms with Crippen LogP contribution in [0.3, 0.4) is 0 Å². The molecule has 0 saturated carbocycles. The van der Waals surface area contributed by atoms with E-state index in [9.17, 15) is 0 Å². The van der Waals surface area contributed by atoms with Gasteiger partial charge in [0.1, 0.15) is 5.82 Å². The van der Waals surface area contributed by atoms with Crippen LogP contribution in [0.1, 0.15) is 43.7 Å². The van der Waals surface area contributed by atoms with Crippen molar-refractivity contribution in [3.05, 3.63) is 35.4 Å². The summed E-state index contributed by atoms with van der Waals surface area (Å²) in [5, 5.41) is 1.26. The minimum absolute atomic E-state index is 0.902. The van der Waals surface area contributed by atoms with Crippen LogP contribution in [0, 0.1) is 6.92 Å². The zero-order chi connectivity index (χ0) is 21.5. The van der Waals surface area contributed by atoms with E-state index in [0.717, 1.165) is 56.9 Å². The molecule has 5 heteroatoms. The molecule has 2 heterocycles. The lowest BCUT2D eigenvalue weighted by Gasteiger charge is -2.35. The molecule has 1 fully saturated rings. The van der Waals surface area contributed by atoms with E-state index < -0.39 is 0 Å². The number of aryl methyl sites for hydroxylation is 1. The molecule has 2 aromatic rings. The molecule has 0 radical (unpaired) electrons. The van der Waals surface area contributed by atoms with Gasteiger partial charge in [0.05, 0.1) is 5.52 Å². The van der Waals surface area contributed by atoms with Crippen molar-refractivity contribution in [3.63, 3.8) is 0 Å². The fourth-order valence-electron chi connectivity index (χ4n) is 4.23. The van der Waals surface area contributed by atoms with Crippen molar-refractivity contribution in [1.82, 2.24) is 14.8 Å². The first-order valence-electron chi connectivity index (χ1n) is 11.5. The summed E-state index contributed by atoms with van der Waals surface area (Å²) in [5.74, 6) is 1.12. The first-order chi connectivity index (χ1) is 14.5. The number of pyridine rings is 1. The highest BCUT2D eigenvalue weighted by molar-refractivity contribution is 7.80. The number of anilines is 1. The number of thiocarbonyl (C=S) groups is 1. The summed E-state index contributed by atoms with van der Waals surface area (Å²) >= 11 is 5.68. The van der Waals surface area contributed by atoms with Gasteiger partial charge >= 0.3 is 0 Å². The molecule has 0 atom stereocenters. The van der Waals surface area contributed by atoms with Crippen molar-refractivity contribution in [2.75, 3.05) is 58.3 Å². The Balaban J connectivity index is 1.59. The number of hydrogen-bond acceptors (Lipinski definition) is 5. The second-order valence-corrected chi connectivity index (χ2v) is 9.48. The standard InChI is InChI=1S/C25H38N4S/c1-5-28-13-15-29(16-14-28)25-17-20(2)23-19-21(10-11-24(23)26-25)18-22(30)9-7-6-8-12-27(3)4/h10-11,17,19H,5-9,12-16,18H2,1-4H3. The molecule has 1 aromatic carbocycles. The number of likely N-dealkylation sites (N-methyl/N-ethyl adjacent to an activating group) is 1. The maximum atomic E-state index is 5.68. The van der Waals surface area contributed by atoms with Crippen LogP contribution in [-0.2, 0) is 6.42 Å². The van der Waals surface area contributed by atoms with E-state index in [2.05, 4.69) is 66.9 Å². The Hall–Kier alpha value is -1.56. The van der Waals surface area contributed by atoms with Gasteiger partial charge in [-0.15, -0.1) is 0 Å². The zero-order valence-corrected chi connectivity index (χ0v) is 20.1. The third kappa shape index (κ3) is 6.47. The molecule has 0 amide bonds. The number of hydrogen-bond donors (Lipinski definition) is 0. The number of fused-ring (bicyclic) bond motifs is 1. The van der Waals surface area contributed by atoms with E-state index in [1.807, 2.05) is 0 Å². The predicted molar refractivity (Wildman–Crippen MR) is 134 cm³/mol. The quantitative estimate of drug-likeness (QED) is 0.404. The van der Waals surface area contributed by atoms with Crippen LogP contribution in [0.2, 0.25) is 0 Å². The van der Waals surface area contributed by atoms with Gasteiger partial charge in [-0.3, -0.25) is 0 Å². The molecule has 3 rings (SSSR count). The topological polar surface area (TPSA) is 22.6 Å². The van der Waals surface area contributed by atoms with Gasteiger partial charge in [0.15, 0.2) is 0 Å². The molecular formula is C25H38N4S. The lowest BCUT2D eigenvalue weighted by atomic mass is 10.0. The Bertz CT molecular complexity index is 840. The largest absolute Gasteiger partial charge is 0.354 e. The monoisotopic (exact) mass is 426 g/mol. The van der Waals surface area contributed by atoms with E-state index in [4.69, 9.17) is 17.2 Å². The Morgan fingerprint density at radius 2 is 1.83 bits per heavy atom. The van der Waals surface area contributed by atoms with E-state index >= 15 is 0 Å². The molecule has 0 unspecified atom stereocenters. The summed E-state index contributed by atoms with van der Waals surface area (Å²) in [6, 6.07) is 8.96. The van der Waals surface area contributed by atoms with E-state index in [0.29, 0.717) is 0 Å². The van der Waals surface area contributed by atoms with Crippen molar-refractivity contribution in [3.8, 4) is 0 Å². The van der Waals surface area contributed by atoms with Crippen molar-refractivity contribution in [2.45, 2.75) is 46.0 Å². The van der Waals surface area contributed by atoms with Gasteiger partial charge in [0, 0.05) is 38.0 Å². The van der Waals surface area contributed by atoms with Crippen LogP contribution >= 0.6 is 12.2 Å². The normalized spacial score (nSPS) is 15.3. The van der Waals surface area contributed by atoms with Crippen LogP contribution in [-0.4, -0.2) is 73.0 Å². The maximum absolute atomic E-state index is 5.68. The summed E-state index contributed by atoms with van der Waals surface area (Å²) in [7, 11) is 4.27. The number of piperazine rings is 1. The van der Waals surface area contributed by atoms with E-state index in [-0.39, 0.29) is 0 Å². The molecular weight excluding hydrogens is 388 g/mol. The van der Waals surface area contributed by atoms with Gasteiger partial charge in [-0.25, -0.2) is 4.98 Å². The molecule has 4 nitrogen and oxygen atoms in total. The minimum atomic E-state index is 0.902. The molecule has 1 aliphatic heterocycles. The second-order valence-electron chi connectivity index (χ2n) is 8.90. The van der Waals surface area contributed by atoms with Gasteiger partial charge in [0.2, 0.25) is 0 Å². The second kappa shape index (κ2) is 11.2. The predicted octanol–water partition coefficient (Wildman–Crippen LogP) is 4.72. The van der Waals surface area contributed by atoms with Crippen molar-refractivity contribution >= 4 is 33.8 Å². The SMILES string of the molecule is CCN1CCN(c2cc(C)c3cc(CC(=S)CCCCCN(C)C)ccc3n2)CC1. The molecule has 0 N–H and O–H groups in total. The molecule has 30 heavy (non-hydrogen) atoms. The van der Waals surface area contributed by atoms with Crippen LogP contribution in [0.5, 0.6) is 0 Å². The Labute approximate surface area is 188 Å². The molecule has 164 valence electrons. The fourth-order valence-corrected chi connectivity index (χ4v) is 4.54. The first kappa shape index (κ1) is 23.1. The number of aromatic nitrogens is 1. The highest BCUT2D eigenvalue weighted by Gasteiger charge is 2.17. The van der Waals surface area contributed by atoms with Crippen molar-refractivity contribution in [1.29, 1.82) is 0 Å². The van der Waals surface area contributed by atoms with Crippen LogP contribution in [0.25, 0.3) is 10.9 Å². The Morgan fingerprint density at radius 1 is 1.07 bits per heavy atom. The van der Waals surface area contributed by atoms with Crippen molar-refractivity contribution in [2.24, 2.45) is 0 Å². The Morgan fingerprint density at radius 3 is 2.53 bits per heavy atom. The number of benzene rings is 1. The summed E-state index contributed by atoms with van der Waals surface area (Å²) in [6.45, 7) is 11.1. The van der Waals surface area contributed by atoms with Crippen LogP contribution in [0.15, 0.2) is 24.3 Å². The number of nitrogens with zero attached hydrogens (tertiary/aromatic N) is 4. The molecule has 1 aromatic heterocycles. The lowest BCUT2D eigenvalue weighted by Crippen LogP contribution is -2.46. The summed E-state index contributed by atoms with van der Waals surface area (Å²) in [4.78, 5) is 13.3.